The van der Waals surface area contributed by atoms with Crippen molar-refractivity contribution in [3.63, 3.8) is 0 Å². The van der Waals surface area contributed by atoms with Gasteiger partial charge in [-0.1, -0.05) is 124 Å². The molecule has 2 aromatic carbocycles. The monoisotopic (exact) mass is 1950 g/mol. The van der Waals surface area contributed by atoms with Gasteiger partial charge in [0.05, 0.1) is 82.5 Å². The topological polar surface area (TPSA) is 263 Å². The van der Waals surface area contributed by atoms with Crippen LogP contribution in [-0.2, 0) is 78.7 Å². The van der Waals surface area contributed by atoms with Gasteiger partial charge in [0.25, 0.3) is 0 Å². The zero-order valence-electron chi connectivity index (χ0n) is 79.1. The lowest BCUT2D eigenvalue weighted by atomic mass is 9.77. The summed E-state index contributed by atoms with van der Waals surface area (Å²) in [7, 11) is -6.45. The van der Waals surface area contributed by atoms with E-state index in [1.54, 1.807) is 52.0 Å². The number of rotatable bonds is 35. The Balaban J connectivity index is 0.000000170. The predicted octanol–water partition coefficient (Wildman–Crippen LogP) is 25.0. The van der Waals surface area contributed by atoms with Crippen LogP contribution >= 0.6 is 0 Å². The lowest BCUT2D eigenvalue weighted by Gasteiger charge is -2.47. The smallest absolute Gasteiger partial charge is 0.402 e. The van der Waals surface area contributed by atoms with Crippen molar-refractivity contribution in [1.82, 2.24) is 78.7 Å². The molecular weight excluding hydrogens is 1830 g/mol. The van der Waals surface area contributed by atoms with Crippen LogP contribution in [0, 0.1) is 29.1 Å². The van der Waals surface area contributed by atoms with Gasteiger partial charge < -0.3 is 42.4 Å². The molecule has 9 aromatic heterocycles. The van der Waals surface area contributed by atoms with Crippen molar-refractivity contribution in [3.05, 3.63) is 175 Å². The van der Waals surface area contributed by atoms with E-state index in [2.05, 4.69) is 121 Å². The number of aromatic amines is 1. The number of nitrogens with one attached hydrogen (secondary N) is 2. The minimum Gasteiger partial charge on any atom is -0.402 e. The van der Waals surface area contributed by atoms with Crippen LogP contribution in [0.4, 0.5) is 52.7 Å². The molecule has 23 nitrogen and oxygen atoms in total. The Bertz CT molecular complexity index is 5530. The van der Waals surface area contributed by atoms with Gasteiger partial charge in [-0.15, -0.1) is 0 Å². The van der Waals surface area contributed by atoms with Gasteiger partial charge in [0.15, 0.2) is 8.32 Å². The minimum absolute atomic E-state index is 0.00316. The molecule has 0 unspecified atom stereocenters. The summed E-state index contributed by atoms with van der Waals surface area (Å²) >= 11 is 0. The van der Waals surface area contributed by atoms with E-state index < -0.39 is 102 Å². The van der Waals surface area contributed by atoms with Crippen LogP contribution in [-0.4, -0.2) is 151 Å². The van der Waals surface area contributed by atoms with Crippen molar-refractivity contribution in [2.45, 2.75) is 287 Å². The van der Waals surface area contributed by atoms with Gasteiger partial charge in [-0.25, -0.2) is 29.9 Å². The van der Waals surface area contributed by atoms with Crippen molar-refractivity contribution in [2.75, 3.05) is 26.4 Å². The Labute approximate surface area is 785 Å². The van der Waals surface area contributed by atoms with E-state index in [0.29, 0.717) is 81.5 Å². The number of hydrogen-bond donors (Lipinski definition) is 2. The second-order valence-corrected chi connectivity index (χ2v) is 60.6. The zero-order valence-corrected chi connectivity index (χ0v) is 83.1. The van der Waals surface area contributed by atoms with E-state index in [1.165, 1.54) is 83.1 Å². The maximum absolute atomic E-state index is 14.0. The number of benzene rings is 2. The first-order valence-electron chi connectivity index (χ1n) is 46.7. The maximum Gasteiger partial charge on any atom is 0.416 e. The molecule has 2 N–H and O–H groups in total. The fourth-order valence-electron chi connectivity index (χ4n) is 18.0. The van der Waals surface area contributed by atoms with Crippen molar-refractivity contribution >= 4 is 78.2 Å². The van der Waals surface area contributed by atoms with Crippen molar-refractivity contribution in [2.24, 2.45) is 17.8 Å². The molecule has 39 heteroatoms. The molecule has 0 bridgehead atoms. The van der Waals surface area contributed by atoms with Gasteiger partial charge in [0.1, 0.15) is 74.3 Å². The van der Waals surface area contributed by atoms with E-state index >= 15 is 0 Å². The minimum atomic E-state index is -5.33. The lowest BCUT2D eigenvalue weighted by molar-refractivity contribution is -0.144. The molecule has 15 rings (SSSR count). The van der Waals surface area contributed by atoms with Crippen LogP contribution in [0.3, 0.4) is 0 Å². The van der Waals surface area contributed by atoms with Crippen LogP contribution < -0.4 is 5.32 Å². The molecule has 1 aliphatic heterocycles. The number of hydrogen-bond acceptors (Lipinski definition) is 17. The van der Waals surface area contributed by atoms with Crippen LogP contribution in [0.25, 0.3) is 66.9 Å². The highest BCUT2D eigenvalue weighted by Gasteiger charge is 2.53. The second kappa shape index (κ2) is 46.7. The number of nitrogens with zero attached hydrogens (tertiary/aromatic N) is 15. The summed E-state index contributed by atoms with van der Waals surface area (Å²) in [5.74, 6) is 1.76. The van der Waals surface area contributed by atoms with Gasteiger partial charge in [0.2, 0.25) is 0 Å². The molecule has 1 saturated heterocycles. The van der Waals surface area contributed by atoms with E-state index in [0.717, 1.165) is 111 Å². The van der Waals surface area contributed by atoms with Crippen molar-refractivity contribution in [1.29, 1.82) is 5.26 Å². The van der Waals surface area contributed by atoms with Crippen LogP contribution in [0.1, 0.15) is 169 Å². The maximum atomic E-state index is 14.0. The third-order valence-electron chi connectivity index (χ3n) is 25.8. The molecule has 3 aliphatic carbocycles. The molecule has 135 heavy (non-hydrogen) atoms. The molecule has 4 fully saturated rings. The fourth-order valence-corrected chi connectivity index (χ4v) is 23.2. The molecule has 0 amide bonds. The first-order chi connectivity index (χ1) is 64.0. The Kier molecular flexibility index (Phi) is 36.6. The van der Waals surface area contributed by atoms with Crippen LogP contribution in [0.5, 0.6) is 0 Å². The molecule has 4 aliphatic rings. The number of ether oxygens (including phenoxy) is 3. The zero-order chi connectivity index (χ0) is 97.7. The van der Waals surface area contributed by atoms with Gasteiger partial charge in [-0.2, -0.15) is 73.2 Å². The number of halogens is 12. The number of allylic oxidation sites excluding steroid dienone is 2. The number of aromatic nitrogens is 15. The Morgan fingerprint density at radius 2 is 0.867 bits per heavy atom. The predicted molar refractivity (Wildman–Crippen MR) is 508 cm³/mol. The number of aldehydes is 2. The third kappa shape index (κ3) is 28.5. The van der Waals surface area contributed by atoms with Crippen LogP contribution in [0.15, 0.2) is 142 Å². The highest BCUT2D eigenvalue weighted by molar-refractivity contribution is 6.77. The highest BCUT2D eigenvalue weighted by atomic mass is 28.4. The summed E-state index contributed by atoms with van der Waals surface area (Å²) in [4.78, 5) is 48.0. The Morgan fingerprint density at radius 1 is 0.489 bits per heavy atom. The highest BCUT2D eigenvalue weighted by Crippen LogP contribution is 2.51. The summed E-state index contributed by atoms with van der Waals surface area (Å²) in [6.07, 6.45) is 22.7. The van der Waals surface area contributed by atoms with Gasteiger partial charge in [-0.3, -0.25) is 19.3 Å². The fraction of sp³-hybridized carbons (Fsp3) is 0.542. The number of nitriles is 1. The quantitative estimate of drug-likeness (QED) is 0.0123. The molecule has 10 heterocycles. The molecular formula is C96H127F12N17O6Si4. The van der Waals surface area contributed by atoms with Crippen molar-refractivity contribution < 1.29 is 80.9 Å². The molecule has 3 atom stereocenters. The van der Waals surface area contributed by atoms with Crippen LogP contribution in [0.2, 0.25) is 95.2 Å². The summed E-state index contributed by atoms with van der Waals surface area (Å²) in [6.45, 7) is 30.2. The van der Waals surface area contributed by atoms with E-state index in [9.17, 15) is 67.5 Å². The van der Waals surface area contributed by atoms with Gasteiger partial charge in [0, 0.05) is 127 Å². The SMILES string of the molecule is CC[Si](CC)(CC)OC(c1cc(C(F)(F)F)cc(C(F)(F)F)c1)(c1cc(C(F)(F)F)cc(C(F)(F)F)c1)[C@H]1CCCN1.C[Si](C)(C)CCOCn1ccc2c(-c3cn[nH]c3)ncnc21.C[Si](C)(C)CCOCn1ccc2c(-c3cnn([C@H](CC#N)C4CCCC4)c3)ncnc21.C[Si](C)(C)CCOCn1ccc2c(-c3cnn([C@H](CC=O)C4CCCC4)c3)ncnc21.O=C/C=C/C1CCCC1. The average molecular weight is 1960 g/mol. The number of H-pyrrole nitrogens is 1. The first kappa shape index (κ1) is 106. The molecule has 3 saturated carbocycles. The number of alkyl halides is 12. The Morgan fingerprint density at radius 3 is 1.21 bits per heavy atom. The molecule has 11 aromatic rings. The second-order valence-electron chi connectivity index (χ2n) is 39.1. The number of fused-ring (bicyclic) bond motifs is 3. The summed E-state index contributed by atoms with van der Waals surface area (Å²) in [6, 6.07) is 12.8. The normalized spacial score (nSPS) is 16.3. The number of carbonyl (C=O) groups excluding carboxylic acids is 2. The standard InChI is InChI=1S/C27H29F12NOSi.C23H32N6OSi.C23H33N5O2Si.C15H21N5OSi.C8H12O/c1-4-42(5-2,6-3)41-23(22-8-7-9-40-22,16-10-18(24(28,29)30)14-19(11-16)25(31,32)33)17-12-20(26(34,35)36)15-21(13-17)27(37,38)39;1-31(2,3)13-12-30-17-28-11-9-20-22(25-16-26-23(20)28)19-14-27-29(15-19)21(8-10-24)18-6-4-5-7-18;1-31(2,3)13-12-30-17-27-10-8-20-22(24-16-25-23(20)27)19-14-26-28(15-19)21(9-11-29)18-6-4-5-7-18;1-22(2,3)7-6-21-11-20-5-4-13-14(12-8-18-19-9-12)16-10-17-15(13)20;9-7-3-6-8-4-1-2-5-8/h10-15,22,40H,4-9H2,1-3H3;9,11,14-16,18,21H,4-8,12-13,17H2,1-3H3;8,10-11,14-16,18,21H,4-7,9,12-13,17H2,1-3H3;4-5,8-10H,6-7,11H2,1-3H3,(H,18,19);3,6-8H,1-2,4-5H2/b;;;;6-3+/t22-;2*21-;;/m111../s1. The van der Waals surface area contributed by atoms with Crippen molar-refractivity contribution in [3.8, 4) is 39.8 Å². The lowest BCUT2D eigenvalue weighted by Crippen LogP contribution is -2.55. The number of carbonyl (C=O) groups is 2. The van der Waals surface area contributed by atoms with E-state index in [-0.39, 0.29) is 55.3 Å². The largest absolute Gasteiger partial charge is 0.416 e. The molecule has 0 spiro atoms. The Hall–Kier alpha value is -9.67. The van der Waals surface area contributed by atoms with Gasteiger partial charge >= 0.3 is 24.7 Å². The van der Waals surface area contributed by atoms with E-state index in [1.807, 2.05) is 96.9 Å². The summed E-state index contributed by atoms with van der Waals surface area (Å²) in [5.41, 5.74) is -3.14. The molecule has 0 radical (unpaired) electrons. The van der Waals surface area contributed by atoms with Gasteiger partial charge in [-0.05, 0) is 184 Å². The summed E-state index contributed by atoms with van der Waals surface area (Å²) < 4.78 is 202. The average Bonchev–Trinajstić information content (AvgIpc) is 1.25. The first-order valence-corrected chi connectivity index (χ1v) is 60.3. The molecule has 732 valence electrons. The van der Waals surface area contributed by atoms with E-state index in [4.69, 9.17) is 18.6 Å². The summed E-state index contributed by atoms with van der Waals surface area (Å²) in [5, 5.41) is 31.3. The third-order valence-corrected chi connectivity index (χ3v) is 35.6.